The summed E-state index contributed by atoms with van der Waals surface area (Å²) in [6, 6.07) is 23.9. The maximum absolute atomic E-state index is 13.4. The standard InChI is InChI=1S/C23H19FN2O2/c24-19-11-6-10-18(14-19)21-15-22(28-26-21)23(27)25-20-12-5-4-9-17(20)13-16-7-2-1-3-8-16/h1-12,14,22H,13,15H2,(H,25,27). The van der Waals surface area contributed by atoms with Crippen LogP contribution in [-0.4, -0.2) is 17.7 Å². The quantitative estimate of drug-likeness (QED) is 0.712. The third-order valence-electron chi connectivity index (χ3n) is 4.63. The number of nitrogens with one attached hydrogen (secondary N) is 1. The maximum atomic E-state index is 13.4. The highest BCUT2D eigenvalue weighted by Gasteiger charge is 2.29. The molecule has 4 nitrogen and oxygen atoms in total. The molecule has 3 aromatic carbocycles. The van der Waals surface area contributed by atoms with Gasteiger partial charge in [-0.2, -0.15) is 0 Å². The lowest BCUT2D eigenvalue weighted by molar-refractivity contribution is -0.125. The summed E-state index contributed by atoms with van der Waals surface area (Å²) in [6.07, 6.45) is 0.285. The van der Waals surface area contributed by atoms with Crippen molar-refractivity contribution in [2.75, 3.05) is 5.32 Å². The molecule has 1 heterocycles. The predicted octanol–water partition coefficient (Wildman–Crippen LogP) is 4.55. The lowest BCUT2D eigenvalue weighted by Gasteiger charge is -2.13. The molecule has 140 valence electrons. The van der Waals surface area contributed by atoms with Gasteiger partial charge in [0.2, 0.25) is 6.10 Å². The first kappa shape index (κ1) is 17.9. The number of carbonyl (C=O) groups is 1. The molecule has 5 heteroatoms. The van der Waals surface area contributed by atoms with Gasteiger partial charge in [0, 0.05) is 17.7 Å². The summed E-state index contributed by atoms with van der Waals surface area (Å²) >= 11 is 0. The van der Waals surface area contributed by atoms with Crippen LogP contribution >= 0.6 is 0 Å². The van der Waals surface area contributed by atoms with Gasteiger partial charge in [0.1, 0.15) is 5.82 Å². The highest BCUT2D eigenvalue weighted by molar-refractivity contribution is 6.06. The zero-order valence-electron chi connectivity index (χ0n) is 15.1. The predicted molar refractivity (Wildman–Crippen MR) is 107 cm³/mol. The van der Waals surface area contributed by atoms with Crippen molar-refractivity contribution in [2.24, 2.45) is 5.16 Å². The number of para-hydroxylation sites is 1. The summed E-state index contributed by atoms with van der Waals surface area (Å²) in [4.78, 5) is 18.0. The summed E-state index contributed by atoms with van der Waals surface area (Å²) in [6.45, 7) is 0. The number of nitrogens with zero attached hydrogens (tertiary/aromatic N) is 1. The molecule has 1 aliphatic rings. The van der Waals surface area contributed by atoms with Crippen LogP contribution < -0.4 is 5.32 Å². The van der Waals surface area contributed by atoms with Crippen molar-refractivity contribution in [1.29, 1.82) is 0 Å². The molecule has 0 bridgehead atoms. The van der Waals surface area contributed by atoms with Crippen LogP contribution in [-0.2, 0) is 16.1 Å². The van der Waals surface area contributed by atoms with Crippen molar-refractivity contribution >= 4 is 17.3 Å². The lowest BCUT2D eigenvalue weighted by atomic mass is 10.0. The number of amides is 1. The van der Waals surface area contributed by atoms with Gasteiger partial charge in [0.05, 0.1) is 5.71 Å². The summed E-state index contributed by atoms with van der Waals surface area (Å²) in [5, 5.41) is 6.92. The van der Waals surface area contributed by atoms with Gasteiger partial charge in [-0.25, -0.2) is 4.39 Å². The molecule has 0 radical (unpaired) electrons. The first-order valence-electron chi connectivity index (χ1n) is 9.10. The average molecular weight is 374 g/mol. The Kier molecular flexibility index (Phi) is 5.15. The first-order chi connectivity index (χ1) is 13.7. The number of anilines is 1. The zero-order chi connectivity index (χ0) is 19.3. The minimum Gasteiger partial charge on any atom is -0.382 e. The molecule has 0 saturated carbocycles. The second-order valence-corrected chi connectivity index (χ2v) is 6.66. The van der Waals surface area contributed by atoms with Crippen molar-refractivity contribution in [1.82, 2.24) is 0 Å². The van der Waals surface area contributed by atoms with Crippen LogP contribution in [0.15, 0.2) is 84.0 Å². The fraction of sp³-hybridized carbons (Fsp3) is 0.130. The molecule has 1 N–H and O–H groups in total. The number of halogens is 1. The minimum atomic E-state index is -0.733. The van der Waals surface area contributed by atoms with Crippen molar-refractivity contribution in [3.8, 4) is 0 Å². The van der Waals surface area contributed by atoms with Gasteiger partial charge in [-0.05, 0) is 35.7 Å². The Bertz CT molecular complexity index is 1020. The highest BCUT2D eigenvalue weighted by Crippen LogP contribution is 2.22. The third-order valence-corrected chi connectivity index (χ3v) is 4.63. The Morgan fingerprint density at radius 2 is 1.82 bits per heavy atom. The van der Waals surface area contributed by atoms with E-state index >= 15 is 0 Å². The Labute approximate surface area is 162 Å². The van der Waals surface area contributed by atoms with E-state index in [4.69, 9.17) is 4.84 Å². The van der Waals surface area contributed by atoms with E-state index in [9.17, 15) is 9.18 Å². The fourth-order valence-electron chi connectivity index (χ4n) is 3.18. The van der Waals surface area contributed by atoms with Crippen LogP contribution in [0.5, 0.6) is 0 Å². The molecule has 1 unspecified atom stereocenters. The van der Waals surface area contributed by atoms with Crippen LogP contribution in [0.1, 0.15) is 23.1 Å². The minimum absolute atomic E-state index is 0.268. The monoisotopic (exact) mass is 374 g/mol. The molecule has 1 amide bonds. The SMILES string of the molecule is O=C(Nc1ccccc1Cc1ccccc1)C1CC(c2cccc(F)c2)=NO1. The van der Waals surface area contributed by atoms with Crippen molar-refractivity contribution < 1.29 is 14.0 Å². The summed E-state index contributed by atoms with van der Waals surface area (Å²) < 4.78 is 13.4. The molecule has 1 atom stereocenters. The Morgan fingerprint density at radius 3 is 2.64 bits per heavy atom. The zero-order valence-corrected chi connectivity index (χ0v) is 15.1. The van der Waals surface area contributed by atoms with Gasteiger partial charge in [0.25, 0.3) is 5.91 Å². The summed E-state index contributed by atoms with van der Waals surface area (Å²) in [5.41, 5.74) is 4.13. The van der Waals surface area contributed by atoms with E-state index < -0.39 is 6.10 Å². The van der Waals surface area contributed by atoms with Gasteiger partial charge in [-0.15, -0.1) is 0 Å². The molecular formula is C23H19FN2O2. The largest absolute Gasteiger partial charge is 0.382 e. The maximum Gasteiger partial charge on any atom is 0.268 e. The lowest BCUT2D eigenvalue weighted by Crippen LogP contribution is -2.28. The summed E-state index contributed by atoms with van der Waals surface area (Å²) in [7, 11) is 0. The molecule has 0 fully saturated rings. The van der Waals surface area contributed by atoms with Gasteiger partial charge >= 0.3 is 0 Å². The molecule has 0 spiro atoms. The van der Waals surface area contributed by atoms with E-state index in [0.717, 1.165) is 16.8 Å². The van der Waals surface area contributed by atoms with E-state index in [2.05, 4.69) is 22.6 Å². The van der Waals surface area contributed by atoms with E-state index in [1.807, 2.05) is 42.5 Å². The van der Waals surface area contributed by atoms with E-state index in [-0.39, 0.29) is 11.7 Å². The Balaban J connectivity index is 1.44. The Morgan fingerprint density at radius 1 is 1.04 bits per heavy atom. The van der Waals surface area contributed by atoms with Crippen LogP contribution in [0.25, 0.3) is 0 Å². The molecule has 28 heavy (non-hydrogen) atoms. The fourth-order valence-corrected chi connectivity index (χ4v) is 3.18. The van der Waals surface area contributed by atoms with Crippen molar-refractivity contribution in [3.05, 3.63) is 101 Å². The number of carbonyl (C=O) groups excluding carboxylic acids is 1. The summed E-state index contributed by atoms with van der Waals surface area (Å²) in [5.74, 6) is -0.612. The second-order valence-electron chi connectivity index (χ2n) is 6.66. The number of rotatable bonds is 5. The molecule has 3 aromatic rings. The Hall–Kier alpha value is -3.47. The van der Waals surface area contributed by atoms with Gasteiger partial charge in [-0.3, -0.25) is 4.79 Å². The number of oxime groups is 1. The van der Waals surface area contributed by atoms with Gasteiger partial charge in [-0.1, -0.05) is 65.8 Å². The molecule has 1 aliphatic heterocycles. The smallest absolute Gasteiger partial charge is 0.268 e. The third kappa shape index (κ3) is 4.09. The van der Waals surface area contributed by atoms with Crippen LogP contribution in [0, 0.1) is 5.82 Å². The topological polar surface area (TPSA) is 50.7 Å². The van der Waals surface area contributed by atoms with Crippen LogP contribution in [0.2, 0.25) is 0 Å². The van der Waals surface area contributed by atoms with Crippen molar-refractivity contribution in [3.63, 3.8) is 0 Å². The van der Waals surface area contributed by atoms with E-state index in [1.165, 1.54) is 12.1 Å². The normalized spacial score (nSPS) is 15.6. The number of hydrogen-bond donors (Lipinski definition) is 1. The van der Waals surface area contributed by atoms with E-state index in [1.54, 1.807) is 12.1 Å². The molecule has 0 aromatic heterocycles. The van der Waals surface area contributed by atoms with Crippen molar-refractivity contribution in [2.45, 2.75) is 18.9 Å². The second kappa shape index (κ2) is 8.05. The highest BCUT2D eigenvalue weighted by atomic mass is 19.1. The molecular weight excluding hydrogens is 355 g/mol. The average Bonchev–Trinajstić information content (AvgIpc) is 3.21. The van der Waals surface area contributed by atoms with Crippen LogP contribution in [0.4, 0.5) is 10.1 Å². The molecule has 0 aliphatic carbocycles. The first-order valence-corrected chi connectivity index (χ1v) is 9.10. The van der Waals surface area contributed by atoms with Gasteiger partial charge < -0.3 is 10.2 Å². The number of hydrogen-bond acceptors (Lipinski definition) is 3. The number of benzene rings is 3. The van der Waals surface area contributed by atoms with E-state index in [0.29, 0.717) is 24.1 Å². The molecule has 0 saturated heterocycles. The van der Waals surface area contributed by atoms with Crippen LogP contribution in [0.3, 0.4) is 0 Å². The van der Waals surface area contributed by atoms with Gasteiger partial charge in [0.15, 0.2) is 0 Å². The molecule has 4 rings (SSSR count).